The molecule has 0 saturated carbocycles. The van der Waals surface area contributed by atoms with Gasteiger partial charge in [0, 0.05) is 24.0 Å². The minimum atomic E-state index is -1.12. The van der Waals surface area contributed by atoms with Crippen LogP contribution in [0.5, 0.6) is 11.5 Å². The number of para-hydroxylation sites is 1. The second-order valence-corrected chi connectivity index (χ2v) is 9.20. The first-order chi connectivity index (χ1) is 17.4. The van der Waals surface area contributed by atoms with E-state index < -0.39 is 5.54 Å². The van der Waals surface area contributed by atoms with Gasteiger partial charge in [-0.15, -0.1) is 0 Å². The largest absolute Gasteiger partial charge is 0.493 e. The van der Waals surface area contributed by atoms with Crippen molar-refractivity contribution in [2.75, 3.05) is 14.2 Å². The number of hydrogen-bond acceptors (Lipinski definition) is 4. The highest BCUT2D eigenvalue weighted by molar-refractivity contribution is 6.03. The van der Waals surface area contributed by atoms with Crippen LogP contribution in [0.4, 0.5) is 0 Å². The first-order valence-corrected chi connectivity index (χ1v) is 11.9. The number of carbonyl (C=O) groups excluding carboxylic acids is 2. The molecule has 0 unspecified atom stereocenters. The molecule has 5 rings (SSSR count). The number of rotatable bonds is 7. The molecule has 0 fully saturated rings. The van der Waals surface area contributed by atoms with Crippen LogP contribution in [0.3, 0.4) is 0 Å². The first kappa shape index (κ1) is 23.5. The van der Waals surface area contributed by atoms with E-state index in [1.54, 1.807) is 19.1 Å². The molecule has 2 amide bonds. The van der Waals surface area contributed by atoms with Crippen LogP contribution >= 0.6 is 0 Å². The summed E-state index contributed by atoms with van der Waals surface area (Å²) >= 11 is 0. The third-order valence-corrected chi connectivity index (χ3v) is 6.91. The highest BCUT2D eigenvalue weighted by atomic mass is 16.5. The van der Waals surface area contributed by atoms with E-state index in [4.69, 9.17) is 9.47 Å². The second kappa shape index (κ2) is 9.41. The standard InChI is InChI=1S/C29H29N3O4/c1-29(28(34)30-17-20-9-5-4-6-10-20)19-31-23-12-8-7-11-22(23)16-24(31)27(33)32(29)18-21-13-14-25(35-2)26(15-21)36-3/h4-16H,17-19H2,1-3H3,(H,30,34)/t29-/m1/s1. The van der Waals surface area contributed by atoms with Crippen LogP contribution in [0.2, 0.25) is 0 Å². The van der Waals surface area contributed by atoms with Gasteiger partial charge in [0.15, 0.2) is 11.5 Å². The van der Waals surface area contributed by atoms with Crippen LogP contribution in [0, 0.1) is 0 Å². The van der Waals surface area contributed by atoms with Gasteiger partial charge in [-0.3, -0.25) is 9.59 Å². The first-order valence-electron chi connectivity index (χ1n) is 11.9. The van der Waals surface area contributed by atoms with Gasteiger partial charge in [0.1, 0.15) is 11.2 Å². The number of ether oxygens (including phenoxy) is 2. The molecule has 0 radical (unpaired) electrons. The summed E-state index contributed by atoms with van der Waals surface area (Å²) in [4.78, 5) is 29.4. The molecule has 7 nitrogen and oxygen atoms in total. The fourth-order valence-corrected chi connectivity index (χ4v) is 4.88. The molecule has 0 saturated heterocycles. The molecule has 184 valence electrons. The van der Waals surface area contributed by atoms with E-state index in [1.807, 2.05) is 90.4 Å². The van der Waals surface area contributed by atoms with E-state index in [0.29, 0.717) is 30.3 Å². The van der Waals surface area contributed by atoms with Crippen molar-refractivity contribution >= 4 is 22.7 Å². The van der Waals surface area contributed by atoms with Crippen molar-refractivity contribution in [3.05, 3.63) is 95.7 Å². The van der Waals surface area contributed by atoms with Crippen molar-refractivity contribution in [2.45, 2.75) is 32.1 Å². The van der Waals surface area contributed by atoms with Crippen molar-refractivity contribution in [1.29, 1.82) is 0 Å². The van der Waals surface area contributed by atoms with Gasteiger partial charge in [0.05, 0.1) is 20.8 Å². The van der Waals surface area contributed by atoms with E-state index in [1.165, 1.54) is 0 Å². The Kier molecular flexibility index (Phi) is 6.14. The maximum atomic E-state index is 13.9. The number of benzene rings is 3. The highest BCUT2D eigenvalue weighted by Gasteiger charge is 2.47. The third-order valence-electron chi connectivity index (χ3n) is 6.91. The van der Waals surface area contributed by atoms with Crippen molar-refractivity contribution < 1.29 is 19.1 Å². The Morgan fingerprint density at radius 2 is 1.64 bits per heavy atom. The van der Waals surface area contributed by atoms with Gasteiger partial charge in [-0.1, -0.05) is 54.6 Å². The molecule has 3 aromatic carbocycles. The van der Waals surface area contributed by atoms with Crippen LogP contribution in [0.25, 0.3) is 10.9 Å². The quantitative estimate of drug-likeness (QED) is 0.423. The molecule has 2 heterocycles. The number of amides is 2. The molecule has 1 aliphatic heterocycles. The Hall–Kier alpha value is -4.26. The van der Waals surface area contributed by atoms with E-state index in [0.717, 1.165) is 22.0 Å². The lowest BCUT2D eigenvalue weighted by atomic mass is 9.93. The minimum absolute atomic E-state index is 0.190. The van der Waals surface area contributed by atoms with Gasteiger partial charge in [-0.05, 0) is 42.3 Å². The lowest BCUT2D eigenvalue weighted by Crippen LogP contribution is -2.63. The molecule has 1 aromatic heterocycles. The van der Waals surface area contributed by atoms with Crippen molar-refractivity contribution in [1.82, 2.24) is 14.8 Å². The summed E-state index contributed by atoms with van der Waals surface area (Å²) in [7, 11) is 3.16. The molecular formula is C29H29N3O4. The number of nitrogens with one attached hydrogen (secondary N) is 1. The normalized spacial score (nSPS) is 17.1. The smallest absolute Gasteiger partial charge is 0.271 e. The van der Waals surface area contributed by atoms with Crippen LogP contribution in [-0.2, 0) is 24.4 Å². The van der Waals surface area contributed by atoms with E-state index in [9.17, 15) is 9.59 Å². The predicted octanol–water partition coefficient (Wildman–Crippen LogP) is 4.39. The molecule has 0 bridgehead atoms. The zero-order valence-corrected chi connectivity index (χ0v) is 20.7. The molecule has 7 heteroatoms. The van der Waals surface area contributed by atoms with Crippen LogP contribution in [0.1, 0.15) is 28.5 Å². The average molecular weight is 484 g/mol. The van der Waals surface area contributed by atoms with Gasteiger partial charge < -0.3 is 24.3 Å². The number of hydrogen-bond donors (Lipinski definition) is 1. The lowest BCUT2D eigenvalue weighted by Gasteiger charge is -2.44. The fourth-order valence-electron chi connectivity index (χ4n) is 4.88. The number of methoxy groups -OCH3 is 2. The lowest BCUT2D eigenvalue weighted by molar-refractivity contribution is -0.133. The SMILES string of the molecule is COc1ccc(CN2C(=O)c3cc4ccccc4n3C[C@]2(C)C(=O)NCc2ccccc2)cc1OC. The maximum absolute atomic E-state index is 13.9. The Bertz CT molecular complexity index is 1430. The van der Waals surface area contributed by atoms with Gasteiger partial charge in [-0.25, -0.2) is 0 Å². The van der Waals surface area contributed by atoms with Crippen molar-refractivity contribution in [3.8, 4) is 11.5 Å². The third kappa shape index (κ3) is 4.06. The second-order valence-electron chi connectivity index (χ2n) is 9.20. The zero-order valence-electron chi connectivity index (χ0n) is 20.7. The molecule has 4 aromatic rings. The Morgan fingerprint density at radius 3 is 2.39 bits per heavy atom. The number of carbonyl (C=O) groups is 2. The van der Waals surface area contributed by atoms with Crippen LogP contribution in [-0.4, -0.2) is 41.0 Å². The summed E-state index contributed by atoms with van der Waals surface area (Å²) in [6, 6.07) is 25.1. The van der Waals surface area contributed by atoms with Gasteiger partial charge in [-0.2, -0.15) is 0 Å². The molecule has 0 spiro atoms. The van der Waals surface area contributed by atoms with Gasteiger partial charge >= 0.3 is 0 Å². The van der Waals surface area contributed by atoms with Gasteiger partial charge in [0.25, 0.3) is 5.91 Å². The molecule has 1 N–H and O–H groups in total. The summed E-state index contributed by atoms with van der Waals surface area (Å²) in [5.74, 6) is 0.784. The number of nitrogens with zero attached hydrogens (tertiary/aromatic N) is 2. The molecule has 36 heavy (non-hydrogen) atoms. The van der Waals surface area contributed by atoms with Crippen LogP contribution in [0.15, 0.2) is 78.9 Å². The maximum Gasteiger partial charge on any atom is 0.271 e. The van der Waals surface area contributed by atoms with Crippen molar-refractivity contribution in [3.63, 3.8) is 0 Å². The number of aromatic nitrogens is 1. The Labute approximate surface area is 210 Å². The average Bonchev–Trinajstić information content (AvgIpc) is 3.28. The van der Waals surface area contributed by atoms with E-state index in [-0.39, 0.29) is 18.4 Å². The molecule has 1 atom stereocenters. The topological polar surface area (TPSA) is 72.8 Å². The fraction of sp³-hybridized carbons (Fsp3) is 0.241. The zero-order chi connectivity index (χ0) is 25.3. The summed E-state index contributed by atoms with van der Waals surface area (Å²) in [5, 5.41) is 4.04. The highest BCUT2D eigenvalue weighted by Crippen LogP contribution is 2.35. The number of fused-ring (bicyclic) bond motifs is 3. The monoisotopic (exact) mass is 483 g/mol. The summed E-state index contributed by atoms with van der Waals surface area (Å²) in [6.07, 6.45) is 0. The molecule has 1 aliphatic rings. The summed E-state index contributed by atoms with van der Waals surface area (Å²) < 4.78 is 12.8. The summed E-state index contributed by atoms with van der Waals surface area (Å²) in [6.45, 7) is 2.81. The predicted molar refractivity (Wildman–Crippen MR) is 138 cm³/mol. The van der Waals surface area contributed by atoms with Gasteiger partial charge in [0.2, 0.25) is 5.91 Å². The van der Waals surface area contributed by atoms with E-state index >= 15 is 0 Å². The van der Waals surface area contributed by atoms with Crippen LogP contribution < -0.4 is 14.8 Å². The Morgan fingerprint density at radius 1 is 0.917 bits per heavy atom. The van der Waals surface area contributed by atoms with E-state index in [2.05, 4.69) is 5.32 Å². The van der Waals surface area contributed by atoms with Crippen molar-refractivity contribution in [2.24, 2.45) is 0 Å². The minimum Gasteiger partial charge on any atom is -0.493 e. The Balaban J connectivity index is 1.53. The summed E-state index contributed by atoms with van der Waals surface area (Å²) in [5.41, 5.74) is 2.23. The molecule has 0 aliphatic carbocycles. The molecular weight excluding hydrogens is 454 g/mol.